The Hall–Kier alpha value is -0.160. The van der Waals surface area contributed by atoms with E-state index in [-0.39, 0.29) is 0 Å². The predicted molar refractivity (Wildman–Crippen MR) is 77.0 cm³/mol. The van der Waals surface area contributed by atoms with Crippen molar-refractivity contribution in [2.75, 3.05) is 67.0 Å². The molecule has 4 heteroatoms. The van der Waals surface area contributed by atoms with Gasteiger partial charge in [0, 0.05) is 45.3 Å². The van der Waals surface area contributed by atoms with Crippen molar-refractivity contribution in [3.8, 4) is 0 Å². The molecule has 1 N–H and O–H groups in total. The van der Waals surface area contributed by atoms with E-state index in [0.717, 1.165) is 12.5 Å². The van der Waals surface area contributed by atoms with Gasteiger partial charge in [-0.3, -0.25) is 0 Å². The van der Waals surface area contributed by atoms with Crippen LogP contribution < -0.4 is 5.32 Å². The first-order chi connectivity index (χ1) is 8.63. The van der Waals surface area contributed by atoms with Gasteiger partial charge >= 0.3 is 0 Å². The number of likely N-dealkylation sites (tertiary alicyclic amines) is 1. The zero-order valence-electron chi connectivity index (χ0n) is 12.4. The highest BCUT2D eigenvalue weighted by Gasteiger charge is 2.21. The van der Waals surface area contributed by atoms with Crippen LogP contribution in [-0.2, 0) is 0 Å². The average molecular weight is 254 g/mol. The van der Waals surface area contributed by atoms with Crippen LogP contribution in [0.4, 0.5) is 0 Å². The third-order valence-corrected chi connectivity index (χ3v) is 4.28. The molecule has 0 aliphatic carbocycles. The van der Waals surface area contributed by atoms with E-state index in [1.54, 1.807) is 0 Å². The second-order valence-corrected chi connectivity index (χ2v) is 6.40. The number of piperazine rings is 1. The summed E-state index contributed by atoms with van der Waals surface area (Å²) in [4.78, 5) is 7.44. The lowest BCUT2D eigenvalue weighted by Crippen LogP contribution is -2.54. The van der Waals surface area contributed by atoms with Gasteiger partial charge in [0.05, 0.1) is 0 Å². The van der Waals surface area contributed by atoms with E-state index in [4.69, 9.17) is 0 Å². The van der Waals surface area contributed by atoms with Crippen LogP contribution in [0, 0.1) is 5.92 Å². The summed E-state index contributed by atoms with van der Waals surface area (Å²) in [5.74, 6) is 0.870. The van der Waals surface area contributed by atoms with E-state index < -0.39 is 0 Å². The van der Waals surface area contributed by atoms with Crippen molar-refractivity contribution in [3.05, 3.63) is 0 Å². The van der Waals surface area contributed by atoms with E-state index in [1.165, 1.54) is 52.1 Å². The van der Waals surface area contributed by atoms with E-state index >= 15 is 0 Å². The molecule has 2 unspecified atom stereocenters. The first-order valence-corrected chi connectivity index (χ1v) is 7.42. The van der Waals surface area contributed by atoms with Gasteiger partial charge in [0.2, 0.25) is 0 Å². The highest BCUT2D eigenvalue weighted by molar-refractivity contribution is 4.80. The molecule has 2 fully saturated rings. The number of piperidine rings is 1. The molecular formula is C14H30N4. The summed E-state index contributed by atoms with van der Waals surface area (Å²) in [6.07, 6.45) is 2.78. The second-order valence-electron chi connectivity index (χ2n) is 6.40. The summed E-state index contributed by atoms with van der Waals surface area (Å²) in [5, 5.41) is 3.63. The fourth-order valence-corrected chi connectivity index (χ4v) is 3.43. The van der Waals surface area contributed by atoms with Crippen LogP contribution in [0.15, 0.2) is 0 Å². The van der Waals surface area contributed by atoms with Crippen LogP contribution in [0.3, 0.4) is 0 Å². The Balaban J connectivity index is 1.69. The zero-order valence-corrected chi connectivity index (χ0v) is 12.4. The summed E-state index contributed by atoms with van der Waals surface area (Å²) in [5.41, 5.74) is 0. The molecule has 2 rings (SSSR count). The maximum atomic E-state index is 3.63. The Morgan fingerprint density at radius 1 is 1.11 bits per heavy atom. The second kappa shape index (κ2) is 6.85. The van der Waals surface area contributed by atoms with Crippen molar-refractivity contribution >= 4 is 0 Å². The van der Waals surface area contributed by atoms with Gasteiger partial charge in [0.15, 0.2) is 0 Å². The van der Waals surface area contributed by atoms with Crippen LogP contribution in [0.25, 0.3) is 0 Å². The minimum absolute atomic E-state index is 0.648. The van der Waals surface area contributed by atoms with E-state index in [1.807, 2.05) is 0 Å². The zero-order chi connectivity index (χ0) is 13.0. The smallest absolute Gasteiger partial charge is 0.0322 e. The third kappa shape index (κ3) is 4.50. The molecule has 0 aromatic heterocycles. The number of nitrogens with zero attached hydrogens (tertiary/aromatic N) is 3. The molecule has 2 aliphatic heterocycles. The van der Waals surface area contributed by atoms with Gasteiger partial charge in [-0.2, -0.15) is 0 Å². The lowest BCUT2D eigenvalue weighted by molar-refractivity contribution is 0.145. The van der Waals surface area contributed by atoms with Crippen molar-refractivity contribution in [2.45, 2.75) is 18.9 Å². The molecule has 2 aliphatic rings. The molecule has 2 saturated heterocycles. The van der Waals surface area contributed by atoms with Crippen molar-refractivity contribution in [1.82, 2.24) is 20.0 Å². The quantitative estimate of drug-likeness (QED) is 0.772. The molecule has 0 bridgehead atoms. The maximum absolute atomic E-state index is 3.63. The van der Waals surface area contributed by atoms with Gasteiger partial charge in [-0.25, -0.2) is 0 Å². The molecule has 0 saturated carbocycles. The van der Waals surface area contributed by atoms with Gasteiger partial charge in [0.1, 0.15) is 0 Å². The first-order valence-electron chi connectivity index (χ1n) is 7.42. The molecule has 0 aromatic rings. The van der Waals surface area contributed by atoms with Crippen LogP contribution >= 0.6 is 0 Å². The van der Waals surface area contributed by atoms with Crippen LogP contribution in [0.2, 0.25) is 0 Å². The SMILES string of the molecule is CN1CCCC(CN(C)CC2CN(C)CCN2)C1. The van der Waals surface area contributed by atoms with Gasteiger partial charge < -0.3 is 20.0 Å². The number of hydrogen-bond donors (Lipinski definition) is 1. The number of nitrogens with one attached hydrogen (secondary N) is 1. The molecule has 2 heterocycles. The number of likely N-dealkylation sites (N-methyl/N-ethyl adjacent to an activating group) is 2. The van der Waals surface area contributed by atoms with E-state index in [0.29, 0.717) is 6.04 Å². The van der Waals surface area contributed by atoms with Crippen LogP contribution in [-0.4, -0.2) is 87.7 Å². The van der Waals surface area contributed by atoms with E-state index in [2.05, 4.69) is 41.2 Å². The minimum Gasteiger partial charge on any atom is -0.310 e. The van der Waals surface area contributed by atoms with E-state index in [9.17, 15) is 0 Å². The summed E-state index contributed by atoms with van der Waals surface area (Å²) in [6.45, 7) is 8.53. The highest BCUT2D eigenvalue weighted by atomic mass is 15.2. The molecule has 0 radical (unpaired) electrons. The Bertz CT molecular complexity index is 222. The maximum Gasteiger partial charge on any atom is 0.0322 e. The fourth-order valence-electron chi connectivity index (χ4n) is 3.43. The van der Waals surface area contributed by atoms with Gasteiger partial charge in [0.25, 0.3) is 0 Å². The Morgan fingerprint density at radius 2 is 1.89 bits per heavy atom. The number of rotatable bonds is 4. The Labute approximate surface area is 112 Å². The largest absolute Gasteiger partial charge is 0.310 e. The molecule has 106 valence electrons. The molecule has 4 nitrogen and oxygen atoms in total. The lowest BCUT2D eigenvalue weighted by atomic mass is 9.98. The van der Waals surface area contributed by atoms with Crippen LogP contribution in [0.5, 0.6) is 0 Å². The third-order valence-electron chi connectivity index (χ3n) is 4.28. The molecule has 2 atom stereocenters. The average Bonchev–Trinajstić information content (AvgIpc) is 2.28. The Morgan fingerprint density at radius 3 is 2.61 bits per heavy atom. The summed E-state index contributed by atoms with van der Waals surface area (Å²) < 4.78 is 0. The van der Waals surface area contributed by atoms with Gasteiger partial charge in [-0.15, -0.1) is 0 Å². The lowest BCUT2D eigenvalue weighted by Gasteiger charge is -2.36. The monoisotopic (exact) mass is 254 g/mol. The van der Waals surface area contributed by atoms with Crippen molar-refractivity contribution < 1.29 is 0 Å². The van der Waals surface area contributed by atoms with Crippen LogP contribution in [0.1, 0.15) is 12.8 Å². The molecule has 0 amide bonds. The summed E-state index contributed by atoms with van der Waals surface area (Å²) in [7, 11) is 6.76. The fraction of sp³-hybridized carbons (Fsp3) is 1.00. The highest BCUT2D eigenvalue weighted by Crippen LogP contribution is 2.16. The molecule has 0 aromatic carbocycles. The van der Waals surface area contributed by atoms with Gasteiger partial charge in [-0.1, -0.05) is 0 Å². The molecular weight excluding hydrogens is 224 g/mol. The predicted octanol–water partition coefficient (Wildman–Crippen LogP) is 0.164. The van der Waals surface area contributed by atoms with Gasteiger partial charge in [-0.05, 0) is 46.4 Å². The van der Waals surface area contributed by atoms with Crippen molar-refractivity contribution in [2.24, 2.45) is 5.92 Å². The Kier molecular flexibility index (Phi) is 5.42. The molecule has 0 spiro atoms. The summed E-state index contributed by atoms with van der Waals surface area (Å²) in [6, 6.07) is 0.648. The number of hydrogen-bond acceptors (Lipinski definition) is 4. The minimum atomic E-state index is 0.648. The first kappa shape index (κ1) is 14.3. The normalized spacial score (nSPS) is 32.0. The standard InChI is InChI=1S/C14H30N4/c1-16-7-4-5-13(9-16)10-18(3)12-14-11-17(2)8-6-15-14/h13-15H,4-12H2,1-3H3. The van der Waals surface area contributed by atoms with Crippen molar-refractivity contribution in [3.63, 3.8) is 0 Å². The van der Waals surface area contributed by atoms with Crippen molar-refractivity contribution in [1.29, 1.82) is 0 Å². The molecule has 18 heavy (non-hydrogen) atoms. The summed E-state index contributed by atoms with van der Waals surface area (Å²) >= 11 is 0. The topological polar surface area (TPSA) is 21.8 Å².